The largest absolute Gasteiger partial charge is 0.497 e. The number of carbonyl (C=O) groups is 2. The molecule has 0 saturated heterocycles. The van der Waals surface area contributed by atoms with Crippen molar-refractivity contribution in [2.24, 2.45) is 5.73 Å². The quantitative estimate of drug-likeness (QED) is 0.371. The van der Waals surface area contributed by atoms with E-state index in [9.17, 15) is 19.2 Å². The third-order valence-corrected chi connectivity index (χ3v) is 8.77. The Bertz CT molecular complexity index is 1610. The summed E-state index contributed by atoms with van der Waals surface area (Å²) in [5.41, 5.74) is 9.98. The van der Waals surface area contributed by atoms with Crippen LogP contribution in [0.2, 0.25) is 0 Å². The van der Waals surface area contributed by atoms with E-state index >= 15 is 0 Å². The molecule has 5 rings (SSSR count). The maximum Gasteiger partial charge on any atom is 0.234 e. The molecule has 1 atom stereocenters. The summed E-state index contributed by atoms with van der Waals surface area (Å²) < 4.78 is 19.4. The van der Waals surface area contributed by atoms with Gasteiger partial charge in [-0.1, -0.05) is 41.3 Å². The van der Waals surface area contributed by atoms with Crippen molar-refractivity contribution in [1.82, 2.24) is 10.2 Å². The molecule has 9 nitrogen and oxygen atoms in total. The summed E-state index contributed by atoms with van der Waals surface area (Å²) in [6.45, 7) is 1.78. The van der Waals surface area contributed by atoms with Gasteiger partial charge in [-0.2, -0.15) is 5.26 Å². The van der Waals surface area contributed by atoms with E-state index in [0.29, 0.717) is 51.4 Å². The number of nitrogens with zero attached hydrogens (tertiary/aromatic N) is 4. The Morgan fingerprint density at radius 2 is 2.12 bits per heavy atom. The number of nitriles is 1. The van der Waals surface area contributed by atoms with Crippen LogP contribution in [0.3, 0.4) is 0 Å². The van der Waals surface area contributed by atoms with Gasteiger partial charge in [0.2, 0.25) is 11.0 Å². The van der Waals surface area contributed by atoms with Crippen molar-refractivity contribution in [2.45, 2.75) is 36.4 Å². The van der Waals surface area contributed by atoms with Gasteiger partial charge in [-0.15, -0.1) is 10.2 Å². The van der Waals surface area contributed by atoms with Crippen LogP contribution in [0.25, 0.3) is 0 Å². The summed E-state index contributed by atoms with van der Waals surface area (Å²) in [5, 5.41) is 21.8. The van der Waals surface area contributed by atoms with Gasteiger partial charge in [0.1, 0.15) is 17.4 Å². The van der Waals surface area contributed by atoms with Crippen LogP contribution in [0.4, 0.5) is 15.2 Å². The monoisotopic (exact) mass is 576 g/mol. The second kappa shape index (κ2) is 11.5. The molecule has 1 aliphatic heterocycles. The first kappa shape index (κ1) is 27.4. The molecule has 2 heterocycles. The van der Waals surface area contributed by atoms with Crippen molar-refractivity contribution in [2.75, 3.05) is 23.1 Å². The number of Topliss-reactive ketones (excluding diaryl/α,β-unsaturated/α-hetero) is 1. The summed E-state index contributed by atoms with van der Waals surface area (Å²) in [6, 6.07) is 13.7. The topological polar surface area (TPSA) is 134 Å². The van der Waals surface area contributed by atoms with Gasteiger partial charge in [0.15, 0.2) is 10.1 Å². The first-order valence-electron chi connectivity index (χ1n) is 12.4. The van der Waals surface area contributed by atoms with Crippen molar-refractivity contribution >= 4 is 45.6 Å². The Balaban J connectivity index is 1.42. The standard InChI is InChI=1S/C28H25FN6O3S2/c1-15-9-10-17(29)12-20(15)32-23(37)14-39-28-34-33-27(40-28)35-21-7-4-8-22(36)25(21)24(19(13-30)26(35)31)16-5-3-6-18(11-16)38-2/h3,5-6,9-12,24H,4,7-8,14,31H2,1-2H3,(H,32,37). The number of carbonyl (C=O) groups excluding carboxylic acids is 2. The molecule has 0 fully saturated rings. The van der Waals surface area contributed by atoms with Crippen LogP contribution < -0.4 is 20.7 Å². The molecule has 1 amide bonds. The lowest BCUT2D eigenvalue weighted by Gasteiger charge is -2.38. The van der Waals surface area contributed by atoms with Crippen LogP contribution in [-0.2, 0) is 9.59 Å². The second-order valence-electron chi connectivity index (χ2n) is 9.24. The molecule has 2 aromatic carbocycles. The number of methoxy groups -OCH3 is 1. The minimum absolute atomic E-state index is 0.0314. The van der Waals surface area contributed by atoms with Crippen molar-refractivity contribution < 1.29 is 18.7 Å². The number of rotatable bonds is 7. The van der Waals surface area contributed by atoms with E-state index in [4.69, 9.17) is 10.5 Å². The number of benzene rings is 2. The number of hydrogen-bond acceptors (Lipinski definition) is 10. The predicted molar refractivity (Wildman–Crippen MR) is 151 cm³/mol. The lowest BCUT2D eigenvalue weighted by Crippen LogP contribution is -2.38. The third kappa shape index (κ3) is 5.30. The number of amides is 1. The number of aryl methyl sites for hydroxylation is 1. The summed E-state index contributed by atoms with van der Waals surface area (Å²) in [5.74, 6) is -0.569. The zero-order valence-corrected chi connectivity index (χ0v) is 23.4. The molecule has 0 bridgehead atoms. The molecule has 3 aromatic rings. The van der Waals surface area contributed by atoms with Crippen LogP contribution in [0.5, 0.6) is 5.75 Å². The molecule has 3 N–H and O–H groups in total. The molecule has 1 aromatic heterocycles. The van der Waals surface area contributed by atoms with Gasteiger partial charge in [0.25, 0.3) is 0 Å². The highest BCUT2D eigenvalue weighted by molar-refractivity contribution is 8.01. The van der Waals surface area contributed by atoms with Crippen LogP contribution in [0.15, 0.2) is 69.5 Å². The molecule has 1 aliphatic carbocycles. The van der Waals surface area contributed by atoms with Crippen LogP contribution in [0, 0.1) is 24.1 Å². The number of allylic oxidation sites excluding steroid dienone is 3. The Labute approximate surface area is 238 Å². The Morgan fingerprint density at radius 3 is 2.90 bits per heavy atom. The zero-order chi connectivity index (χ0) is 28.4. The zero-order valence-electron chi connectivity index (χ0n) is 21.7. The van der Waals surface area contributed by atoms with Crippen molar-refractivity contribution in [1.29, 1.82) is 5.26 Å². The van der Waals surface area contributed by atoms with Crippen LogP contribution in [0.1, 0.15) is 36.3 Å². The fourth-order valence-electron chi connectivity index (χ4n) is 4.85. The smallest absolute Gasteiger partial charge is 0.234 e. The van der Waals surface area contributed by atoms with Gasteiger partial charge >= 0.3 is 0 Å². The minimum atomic E-state index is -0.615. The molecule has 204 valence electrons. The average Bonchev–Trinajstić information content (AvgIpc) is 3.42. The number of halogens is 1. The first-order chi connectivity index (χ1) is 19.3. The molecule has 40 heavy (non-hydrogen) atoms. The molecule has 0 radical (unpaired) electrons. The molecule has 1 unspecified atom stereocenters. The molecular formula is C28H25FN6O3S2. The van der Waals surface area contributed by atoms with Gasteiger partial charge in [-0.3, -0.25) is 14.5 Å². The van der Waals surface area contributed by atoms with Gasteiger partial charge < -0.3 is 15.8 Å². The van der Waals surface area contributed by atoms with Crippen molar-refractivity contribution in [3.8, 4) is 11.8 Å². The lowest BCUT2D eigenvalue weighted by atomic mass is 9.76. The number of ketones is 1. The minimum Gasteiger partial charge on any atom is -0.497 e. The van der Waals surface area contributed by atoms with E-state index < -0.39 is 11.7 Å². The van der Waals surface area contributed by atoms with Crippen molar-refractivity contribution in [3.63, 3.8) is 0 Å². The van der Waals surface area contributed by atoms with E-state index in [2.05, 4.69) is 21.6 Å². The summed E-state index contributed by atoms with van der Waals surface area (Å²) >= 11 is 2.38. The third-order valence-electron chi connectivity index (χ3n) is 6.73. The SMILES string of the molecule is COc1cccc(C2C(C#N)=C(N)N(c3nnc(SCC(=O)Nc4cc(F)ccc4C)s3)C3=C2C(=O)CCC3)c1. The van der Waals surface area contributed by atoms with Crippen molar-refractivity contribution in [3.05, 3.63) is 82.1 Å². The summed E-state index contributed by atoms with van der Waals surface area (Å²) in [4.78, 5) is 27.5. The highest BCUT2D eigenvalue weighted by Crippen LogP contribution is 2.47. The first-order valence-corrected chi connectivity index (χ1v) is 14.2. The number of nitrogens with one attached hydrogen (secondary N) is 1. The summed E-state index contributed by atoms with van der Waals surface area (Å²) in [6.07, 6.45) is 1.61. The predicted octanol–water partition coefficient (Wildman–Crippen LogP) is 5.03. The van der Waals surface area contributed by atoms with Gasteiger partial charge in [0.05, 0.1) is 30.4 Å². The number of aromatic nitrogens is 2. The van der Waals surface area contributed by atoms with Crippen LogP contribution in [-0.4, -0.2) is 34.8 Å². The normalized spacial score (nSPS) is 17.0. The molecular weight excluding hydrogens is 551 g/mol. The second-order valence-corrected chi connectivity index (χ2v) is 11.4. The molecule has 2 aliphatic rings. The number of hydrogen-bond donors (Lipinski definition) is 2. The number of ether oxygens (including phenoxy) is 1. The molecule has 12 heteroatoms. The highest BCUT2D eigenvalue weighted by atomic mass is 32.2. The fourth-order valence-corrected chi connectivity index (χ4v) is 6.53. The Kier molecular flexibility index (Phi) is 7.86. The maximum absolute atomic E-state index is 13.6. The molecule has 0 saturated carbocycles. The van der Waals surface area contributed by atoms with Crippen LogP contribution >= 0.6 is 23.1 Å². The van der Waals surface area contributed by atoms with E-state index in [1.54, 1.807) is 31.1 Å². The maximum atomic E-state index is 13.6. The lowest BCUT2D eigenvalue weighted by molar-refractivity contribution is -0.116. The fraction of sp³-hybridized carbons (Fsp3) is 0.250. The number of thioether (sulfide) groups is 1. The van der Waals surface area contributed by atoms with E-state index in [-0.39, 0.29) is 28.8 Å². The van der Waals surface area contributed by atoms with E-state index in [1.807, 2.05) is 18.2 Å². The number of nitrogens with two attached hydrogens (primary N) is 1. The van der Waals surface area contributed by atoms with E-state index in [0.717, 1.165) is 11.1 Å². The van der Waals surface area contributed by atoms with Gasteiger partial charge in [-0.05, 0) is 55.2 Å². The number of anilines is 2. The average molecular weight is 577 g/mol. The summed E-state index contributed by atoms with van der Waals surface area (Å²) in [7, 11) is 1.56. The van der Waals surface area contributed by atoms with E-state index in [1.165, 1.54) is 35.2 Å². The highest BCUT2D eigenvalue weighted by Gasteiger charge is 2.41. The van der Waals surface area contributed by atoms with Gasteiger partial charge in [-0.25, -0.2) is 4.39 Å². The van der Waals surface area contributed by atoms with Gasteiger partial charge in [0, 0.05) is 23.4 Å². The Morgan fingerprint density at radius 1 is 1.30 bits per heavy atom. The Hall–Kier alpha value is -4.21. The molecule has 0 spiro atoms.